The van der Waals surface area contributed by atoms with Crippen molar-refractivity contribution in [1.29, 1.82) is 0 Å². The zero-order chi connectivity index (χ0) is 13.8. The molecular formula is C14H17Cl2NOS. The molecule has 5 heteroatoms. The molecule has 0 aromatic heterocycles. The van der Waals surface area contributed by atoms with Gasteiger partial charge < -0.3 is 4.90 Å². The van der Waals surface area contributed by atoms with Crippen LogP contribution < -0.4 is 0 Å². The van der Waals surface area contributed by atoms with Gasteiger partial charge in [-0.05, 0) is 12.5 Å². The SMILES string of the molecule is CCCCC(=O)N1CCS[C@H]1c1cccc(Cl)c1Cl. The zero-order valence-corrected chi connectivity index (χ0v) is 13.2. The number of halogens is 2. The highest BCUT2D eigenvalue weighted by Gasteiger charge is 2.31. The van der Waals surface area contributed by atoms with Gasteiger partial charge >= 0.3 is 0 Å². The van der Waals surface area contributed by atoms with Crippen molar-refractivity contribution in [3.63, 3.8) is 0 Å². The molecule has 1 fully saturated rings. The summed E-state index contributed by atoms with van der Waals surface area (Å²) in [5.74, 6) is 1.17. The standard InChI is InChI=1S/C14H17Cl2NOS/c1-2-3-7-12(18)17-8-9-19-14(17)10-5-4-6-11(15)13(10)16/h4-6,14H,2-3,7-9H2,1H3/t14-/m0/s1. The van der Waals surface area contributed by atoms with E-state index in [4.69, 9.17) is 23.2 Å². The average Bonchev–Trinajstić information content (AvgIpc) is 2.88. The van der Waals surface area contributed by atoms with Gasteiger partial charge in [0.05, 0.1) is 10.0 Å². The molecular weight excluding hydrogens is 301 g/mol. The molecule has 1 atom stereocenters. The highest BCUT2D eigenvalue weighted by molar-refractivity contribution is 7.99. The Morgan fingerprint density at radius 3 is 3.00 bits per heavy atom. The van der Waals surface area contributed by atoms with Gasteiger partial charge in [-0.1, -0.05) is 48.7 Å². The van der Waals surface area contributed by atoms with Gasteiger partial charge in [-0.2, -0.15) is 0 Å². The Morgan fingerprint density at radius 2 is 2.26 bits per heavy atom. The van der Waals surface area contributed by atoms with Crippen LogP contribution in [0.3, 0.4) is 0 Å². The number of unbranched alkanes of at least 4 members (excludes halogenated alkanes) is 1. The van der Waals surface area contributed by atoms with Crippen LogP contribution in [0.4, 0.5) is 0 Å². The molecule has 0 unspecified atom stereocenters. The summed E-state index contributed by atoms with van der Waals surface area (Å²) in [6, 6.07) is 5.62. The van der Waals surface area contributed by atoms with Gasteiger partial charge in [-0.25, -0.2) is 0 Å². The van der Waals surface area contributed by atoms with E-state index in [2.05, 4.69) is 6.92 Å². The van der Waals surface area contributed by atoms with Crippen LogP contribution in [0.25, 0.3) is 0 Å². The summed E-state index contributed by atoms with van der Waals surface area (Å²) < 4.78 is 0. The number of amides is 1. The summed E-state index contributed by atoms with van der Waals surface area (Å²) in [6.45, 7) is 2.89. The first-order chi connectivity index (χ1) is 9.15. The van der Waals surface area contributed by atoms with Gasteiger partial charge in [0.1, 0.15) is 5.37 Å². The lowest BCUT2D eigenvalue weighted by molar-refractivity contribution is -0.131. The van der Waals surface area contributed by atoms with E-state index in [1.165, 1.54) is 0 Å². The number of carbonyl (C=O) groups is 1. The molecule has 0 bridgehead atoms. The van der Waals surface area contributed by atoms with E-state index in [0.29, 0.717) is 16.5 Å². The third-order valence-electron chi connectivity index (χ3n) is 3.20. The number of rotatable bonds is 4. The molecule has 1 amide bonds. The van der Waals surface area contributed by atoms with E-state index < -0.39 is 0 Å². The third-order valence-corrected chi connectivity index (χ3v) is 5.28. The van der Waals surface area contributed by atoms with Gasteiger partial charge in [-0.15, -0.1) is 11.8 Å². The molecule has 104 valence electrons. The van der Waals surface area contributed by atoms with Gasteiger partial charge in [-0.3, -0.25) is 4.79 Å². The molecule has 2 nitrogen and oxygen atoms in total. The second-order valence-corrected chi connectivity index (χ2v) is 6.53. The topological polar surface area (TPSA) is 20.3 Å². The van der Waals surface area contributed by atoms with Gasteiger partial charge in [0.15, 0.2) is 0 Å². The predicted octanol–water partition coefficient (Wildman–Crippen LogP) is 4.76. The lowest BCUT2D eigenvalue weighted by atomic mass is 10.2. The fraction of sp³-hybridized carbons (Fsp3) is 0.500. The second-order valence-electron chi connectivity index (χ2n) is 4.56. The normalized spacial score (nSPS) is 18.9. The van der Waals surface area contributed by atoms with Crippen molar-refractivity contribution in [2.75, 3.05) is 12.3 Å². The molecule has 1 aliphatic heterocycles. The van der Waals surface area contributed by atoms with E-state index in [0.717, 1.165) is 30.7 Å². The summed E-state index contributed by atoms with van der Waals surface area (Å²) in [5.41, 5.74) is 0.946. The van der Waals surface area contributed by atoms with Crippen molar-refractivity contribution in [1.82, 2.24) is 4.90 Å². The maximum Gasteiger partial charge on any atom is 0.223 e. The van der Waals surface area contributed by atoms with Crippen LogP contribution in [0.1, 0.15) is 37.1 Å². The summed E-state index contributed by atoms with van der Waals surface area (Å²) in [6.07, 6.45) is 2.59. The molecule has 0 aliphatic carbocycles. The maximum absolute atomic E-state index is 12.2. The number of carbonyl (C=O) groups excluding carboxylic acids is 1. The minimum Gasteiger partial charge on any atom is -0.326 e. The van der Waals surface area contributed by atoms with Crippen LogP contribution in [0.2, 0.25) is 10.0 Å². The summed E-state index contributed by atoms with van der Waals surface area (Å²) in [5, 5.41) is 1.13. The minimum absolute atomic E-state index is 0.00977. The molecule has 1 heterocycles. The number of thioether (sulfide) groups is 1. The molecule has 1 saturated heterocycles. The van der Waals surface area contributed by atoms with Crippen LogP contribution in [-0.2, 0) is 4.79 Å². The molecule has 0 radical (unpaired) electrons. The maximum atomic E-state index is 12.2. The number of hydrogen-bond donors (Lipinski definition) is 0. The van der Waals surface area contributed by atoms with Crippen molar-refractivity contribution in [2.45, 2.75) is 31.6 Å². The Morgan fingerprint density at radius 1 is 1.47 bits per heavy atom. The molecule has 1 aromatic carbocycles. The fourth-order valence-corrected chi connectivity index (χ4v) is 3.95. The Balaban J connectivity index is 2.18. The average molecular weight is 318 g/mol. The first-order valence-corrected chi connectivity index (χ1v) is 8.30. The Labute approximate surface area is 128 Å². The summed E-state index contributed by atoms with van der Waals surface area (Å²) in [7, 11) is 0. The summed E-state index contributed by atoms with van der Waals surface area (Å²) >= 11 is 14.1. The van der Waals surface area contributed by atoms with Crippen LogP contribution in [0.5, 0.6) is 0 Å². The minimum atomic E-state index is 0.00977. The first kappa shape index (κ1) is 15.0. The van der Waals surface area contributed by atoms with E-state index in [9.17, 15) is 4.79 Å². The summed E-state index contributed by atoms with van der Waals surface area (Å²) in [4.78, 5) is 14.1. The fourth-order valence-electron chi connectivity index (χ4n) is 2.17. The molecule has 2 rings (SSSR count). The largest absolute Gasteiger partial charge is 0.326 e. The Kier molecular flexibility index (Phi) is 5.43. The van der Waals surface area contributed by atoms with Crippen molar-refractivity contribution >= 4 is 40.9 Å². The second kappa shape index (κ2) is 6.87. The van der Waals surface area contributed by atoms with Crippen LogP contribution in [-0.4, -0.2) is 23.1 Å². The van der Waals surface area contributed by atoms with E-state index in [-0.39, 0.29) is 11.3 Å². The lowest BCUT2D eigenvalue weighted by Crippen LogP contribution is -2.30. The predicted molar refractivity (Wildman–Crippen MR) is 82.9 cm³/mol. The van der Waals surface area contributed by atoms with Gasteiger partial charge in [0.2, 0.25) is 5.91 Å². The Bertz CT molecular complexity index is 467. The smallest absolute Gasteiger partial charge is 0.223 e. The van der Waals surface area contributed by atoms with Crippen LogP contribution >= 0.6 is 35.0 Å². The Hall–Kier alpha value is -0.380. The van der Waals surface area contributed by atoms with Crippen molar-refractivity contribution in [2.24, 2.45) is 0 Å². The van der Waals surface area contributed by atoms with Crippen molar-refractivity contribution in [3.8, 4) is 0 Å². The van der Waals surface area contributed by atoms with E-state index >= 15 is 0 Å². The highest BCUT2D eigenvalue weighted by atomic mass is 35.5. The molecule has 0 saturated carbocycles. The number of hydrogen-bond acceptors (Lipinski definition) is 2. The van der Waals surface area contributed by atoms with E-state index in [1.54, 1.807) is 17.8 Å². The zero-order valence-electron chi connectivity index (χ0n) is 10.9. The first-order valence-electron chi connectivity index (χ1n) is 6.50. The third kappa shape index (κ3) is 3.39. The molecule has 0 spiro atoms. The molecule has 1 aromatic rings. The molecule has 0 N–H and O–H groups in total. The number of nitrogens with zero attached hydrogens (tertiary/aromatic N) is 1. The quantitative estimate of drug-likeness (QED) is 0.798. The van der Waals surface area contributed by atoms with Gasteiger partial charge in [0.25, 0.3) is 0 Å². The van der Waals surface area contributed by atoms with Crippen molar-refractivity contribution < 1.29 is 4.79 Å². The van der Waals surface area contributed by atoms with Crippen molar-refractivity contribution in [3.05, 3.63) is 33.8 Å². The van der Waals surface area contributed by atoms with Gasteiger partial charge in [0, 0.05) is 24.3 Å². The lowest BCUT2D eigenvalue weighted by Gasteiger charge is -2.25. The van der Waals surface area contributed by atoms with Crippen LogP contribution in [0, 0.1) is 0 Å². The number of benzene rings is 1. The monoisotopic (exact) mass is 317 g/mol. The molecule has 19 heavy (non-hydrogen) atoms. The highest BCUT2D eigenvalue weighted by Crippen LogP contribution is 2.42. The van der Waals surface area contributed by atoms with E-state index in [1.807, 2.05) is 17.0 Å². The molecule has 1 aliphatic rings. The van der Waals surface area contributed by atoms with Crippen LogP contribution in [0.15, 0.2) is 18.2 Å².